The molecular weight excluding hydrogens is 861 g/mol. The van der Waals surface area contributed by atoms with E-state index in [0.29, 0.717) is 67.3 Å². The van der Waals surface area contributed by atoms with E-state index in [1.807, 2.05) is 24.0 Å². The Bertz CT molecular complexity index is 2320. The van der Waals surface area contributed by atoms with Crippen molar-refractivity contribution in [3.05, 3.63) is 89.3 Å². The number of fused-ring (bicyclic) bond motifs is 1. The number of pyridine rings is 1. The van der Waals surface area contributed by atoms with Gasteiger partial charge in [0.15, 0.2) is 17.9 Å². The number of anilines is 5. The van der Waals surface area contributed by atoms with Gasteiger partial charge in [-0.25, -0.2) is 9.97 Å². The highest BCUT2D eigenvalue weighted by Gasteiger charge is 2.39. The Morgan fingerprint density at radius 2 is 1.63 bits per heavy atom. The van der Waals surface area contributed by atoms with Crippen molar-refractivity contribution in [1.29, 1.82) is 0 Å². The number of ketones is 1. The number of nitrogens with zero attached hydrogens (tertiary/aromatic N) is 6. The smallest absolute Gasteiger partial charge is 0.258 e. The second-order valence-electron chi connectivity index (χ2n) is 16.9. The van der Waals surface area contributed by atoms with Crippen LogP contribution in [0.3, 0.4) is 0 Å². The van der Waals surface area contributed by atoms with Gasteiger partial charge in [0.2, 0.25) is 17.8 Å². The maximum Gasteiger partial charge on any atom is 0.258 e. The predicted molar refractivity (Wildman–Crippen MR) is 253 cm³/mol. The van der Waals surface area contributed by atoms with Crippen molar-refractivity contribution >= 4 is 58.0 Å². The number of aliphatic hydroxyl groups is 1. The van der Waals surface area contributed by atoms with E-state index in [2.05, 4.69) is 41.0 Å². The third-order valence-corrected chi connectivity index (χ3v) is 11.9. The van der Waals surface area contributed by atoms with Gasteiger partial charge in [-0.05, 0) is 75.4 Å². The lowest BCUT2D eigenvalue weighted by Gasteiger charge is -2.40. The van der Waals surface area contributed by atoms with E-state index in [9.17, 15) is 24.3 Å². The van der Waals surface area contributed by atoms with Crippen molar-refractivity contribution in [2.75, 3.05) is 86.1 Å². The van der Waals surface area contributed by atoms with Gasteiger partial charge in [-0.2, -0.15) is 4.98 Å². The molecular formula is C47H62N12O8. The van der Waals surface area contributed by atoms with Crippen LogP contribution >= 0.6 is 0 Å². The number of allylic oxidation sites excluding steroid dienone is 3. The van der Waals surface area contributed by atoms with Crippen molar-refractivity contribution in [2.24, 2.45) is 11.5 Å². The second kappa shape index (κ2) is 23.2. The van der Waals surface area contributed by atoms with Crippen molar-refractivity contribution < 1.29 is 38.5 Å². The molecule has 20 nitrogen and oxygen atoms in total. The van der Waals surface area contributed by atoms with E-state index in [1.54, 1.807) is 36.7 Å². The molecule has 4 heterocycles. The molecule has 4 aliphatic rings. The Morgan fingerprint density at radius 3 is 2.34 bits per heavy atom. The molecule has 9 N–H and O–H groups in total. The number of hydrogen-bond donors (Lipinski definition) is 7. The number of rotatable bonds is 22. The number of aromatic nitrogens is 3. The van der Waals surface area contributed by atoms with Gasteiger partial charge in [-0.15, -0.1) is 0 Å². The first-order chi connectivity index (χ1) is 32.4. The molecule has 3 aromatic rings. The average Bonchev–Trinajstić information content (AvgIpc) is 3.96. The van der Waals surface area contributed by atoms with Crippen molar-refractivity contribution in [1.82, 2.24) is 30.5 Å². The molecule has 1 atom stereocenters. The number of hydrogen-bond acceptors (Lipinski definition) is 17. The molecule has 3 amide bonds. The number of para-hydroxylation sites is 1. The maximum atomic E-state index is 12.9. The molecule has 7 rings (SSSR count). The lowest BCUT2D eigenvalue weighted by Crippen LogP contribution is -2.49. The fourth-order valence-corrected chi connectivity index (χ4v) is 8.26. The van der Waals surface area contributed by atoms with Crippen LogP contribution in [0.2, 0.25) is 0 Å². The van der Waals surface area contributed by atoms with Gasteiger partial charge < -0.3 is 61.9 Å². The van der Waals surface area contributed by atoms with Crippen LogP contribution in [0, 0.1) is 0 Å². The van der Waals surface area contributed by atoms with Crippen LogP contribution in [-0.2, 0) is 28.6 Å². The average molecular weight is 923 g/mol. The zero-order valence-corrected chi connectivity index (χ0v) is 38.2. The minimum atomic E-state index is -1.05. The lowest BCUT2D eigenvalue weighted by molar-refractivity contribution is -0.122. The minimum absolute atomic E-state index is 0.0670. The summed E-state index contributed by atoms with van der Waals surface area (Å²) in [5.74, 6) is 0.770. The fraction of sp³-hybridized carbons (Fsp3) is 0.468. The van der Waals surface area contributed by atoms with Gasteiger partial charge in [0, 0.05) is 62.2 Å². The normalized spacial score (nSPS) is 18.1. The Hall–Kier alpha value is -6.61. The van der Waals surface area contributed by atoms with Gasteiger partial charge in [-0.1, -0.05) is 25.0 Å². The summed E-state index contributed by atoms with van der Waals surface area (Å²) < 4.78 is 16.6. The van der Waals surface area contributed by atoms with E-state index < -0.39 is 12.1 Å². The summed E-state index contributed by atoms with van der Waals surface area (Å²) in [6, 6.07) is 10.5. The lowest BCUT2D eigenvalue weighted by atomic mass is 9.93. The second-order valence-corrected chi connectivity index (χ2v) is 16.9. The van der Waals surface area contributed by atoms with Crippen LogP contribution in [-0.4, -0.2) is 133 Å². The number of amides is 3. The molecule has 0 radical (unpaired) electrons. The summed E-state index contributed by atoms with van der Waals surface area (Å²) in [6.45, 7) is 7.89. The summed E-state index contributed by atoms with van der Waals surface area (Å²) in [6.07, 6.45) is 11.5. The molecule has 2 saturated carbocycles. The molecule has 1 aromatic carbocycles. The largest absolute Gasteiger partial charge is 0.476 e. The van der Waals surface area contributed by atoms with E-state index in [0.717, 1.165) is 62.9 Å². The molecule has 0 spiro atoms. The van der Waals surface area contributed by atoms with Crippen LogP contribution < -0.4 is 42.5 Å². The number of benzene rings is 1. The van der Waals surface area contributed by atoms with Crippen LogP contribution in [0.4, 0.5) is 29.0 Å². The molecule has 0 bridgehead atoms. The summed E-state index contributed by atoms with van der Waals surface area (Å²) in [5, 5.41) is 22.8. The Morgan fingerprint density at radius 1 is 0.881 bits per heavy atom. The van der Waals surface area contributed by atoms with Crippen LogP contribution in [0.15, 0.2) is 78.2 Å². The van der Waals surface area contributed by atoms with Crippen LogP contribution in [0.25, 0.3) is 5.57 Å². The quantitative estimate of drug-likeness (QED) is 0.0434. The van der Waals surface area contributed by atoms with Crippen molar-refractivity contribution in [3.63, 3.8) is 0 Å². The Labute approximate surface area is 390 Å². The van der Waals surface area contributed by atoms with Crippen molar-refractivity contribution in [2.45, 2.75) is 77.2 Å². The SMILES string of the molecule is CC(=O)C1=C(C)c2cnc(Nc3ccc(N4CCN(CC(=O)NCCOCCOCCC(=O)Nc5ccccc5C(=O)N/C(N)=C/C=C(\N)OC5CC5)CC4)cn3)nc2N(C2CCCC2)C1O. The first-order valence-electron chi connectivity index (χ1n) is 22.9. The molecule has 20 heteroatoms. The first kappa shape index (κ1) is 48.3. The first-order valence-corrected chi connectivity index (χ1v) is 22.9. The number of nitrogens with two attached hydrogens (primary N) is 2. The topological polar surface area (TPSA) is 265 Å². The molecule has 67 heavy (non-hydrogen) atoms. The number of Topliss-reactive ketones (excluding diaryl/α,β-unsaturated/α-hetero) is 1. The summed E-state index contributed by atoms with van der Waals surface area (Å²) >= 11 is 0. The number of aliphatic hydroxyl groups excluding tert-OH is 1. The molecule has 2 aliphatic heterocycles. The van der Waals surface area contributed by atoms with E-state index in [1.165, 1.54) is 19.1 Å². The third-order valence-electron chi connectivity index (χ3n) is 11.9. The van der Waals surface area contributed by atoms with Gasteiger partial charge in [0.05, 0.1) is 62.5 Å². The highest BCUT2D eigenvalue weighted by atomic mass is 16.5. The molecule has 2 aliphatic carbocycles. The molecule has 358 valence electrons. The number of piperazine rings is 1. The van der Waals surface area contributed by atoms with E-state index >= 15 is 0 Å². The summed E-state index contributed by atoms with van der Waals surface area (Å²) in [5.41, 5.74) is 15.1. The highest BCUT2D eigenvalue weighted by molar-refractivity contribution is 6.05. The van der Waals surface area contributed by atoms with Gasteiger partial charge in [-0.3, -0.25) is 24.1 Å². The van der Waals surface area contributed by atoms with Crippen LogP contribution in [0.1, 0.15) is 74.7 Å². The van der Waals surface area contributed by atoms with Gasteiger partial charge in [0.1, 0.15) is 23.6 Å². The fourth-order valence-electron chi connectivity index (χ4n) is 8.26. The zero-order valence-electron chi connectivity index (χ0n) is 38.2. The number of carbonyl (C=O) groups is 4. The predicted octanol–water partition coefficient (Wildman–Crippen LogP) is 2.87. The molecule has 1 saturated heterocycles. The van der Waals surface area contributed by atoms with Crippen molar-refractivity contribution in [3.8, 4) is 0 Å². The highest BCUT2D eigenvalue weighted by Crippen LogP contribution is 2.41. The standard InChI is InChI=1S/C47H62N12O8/c1-30-36-28-52-47(56-44(36)59(32-7-3-4-8-32)46(64)43(30)31(2)60)55-40-16-11-33(27-51-40)58-21-19-57(20-22-58)29-42(62)50-18-24-66-26-25-65-23-17-41(61)53-37-10-6-5-9-35(37)45(63)54-38(48)14-15-39(49)67-34-12-13-34/h5-6,9-11,14-16,27-28,32,34,46,64H,3-4,7-8,12-13,17-26,29,48-49H2,1-2H3,(H,50,62)(H,53,61)(H,54,63)(H,51,52,55,56)/b38-14+,39-15+. The number of carbonyl (C=O) groups excluding carboxylic acids is 4. The third kappa shape index (κ3) is 13.5. The summed E-state index contributed by atoms with van der Waals surface area (Å²) in [7, 11) is 0. The minimum Gasteiger partial charge on any atom is -0.476 e. The van der Waals surface area contributed by atoms with E-state index in [4.69, 9.17) is 30.7 Å². The van der Waals surface area contributed by atoms with E-state index in [-0.39, 0.29) is 73.2 Å². The van der Waals surface area contributed by atoms with Crippen LogP contribution in [0.5, 0.6) is 0 Å². The van der Waals surface area contributed by atoms with Gasteiger partial charge in [0.25, 0.3) is 5.91 Å². The zero-order chi connectivity index (χ0) is 47.3. The molecule has 1 unspecified atom stereocenters. The maximum absolute atomic E-state index is 12.9. The monoisotopic (exact) mass is 922 g/mol. The molecule has 2 aromatic heterocycles. The Kier molecular flexibility index (Phi) is 16.7. The number of ether oxygens (including phenoxy) is 3. The molecule has 3 fully saturated rings. The van der Waals surface area contributed by atoms with Gasteiger partial charge >= 0.3 is 0 Å². The number of nitrogens with one attached hydrogen (secondary N) is 4. The summed E-state index contributed by atoms with van der Waals surface area (Å²) in [4.78, 5) is 70.8. The Balaban J connectivity index is 0.745.